The Kier molecular flexibility index (Phi) is 3.19. The van der Waals surface area contributed by atoms with Crippen LogP contribution in [0.25, 0.3) is 0 Å². The maximum Gasteiger partial charge on any atom is 0.198 e. The summed E-state index contributed by atoms with van der Waals surface area (Å²) in [5.41, 5.74) is 6.63. The second kappa shape index (κ2) is 4.79. The number of hydrogen-bond acceptors (Lipinski definition) is 4. The number of aliphatic imine (C=N–C) groups is 1. The summed E-state index contributed by atoms with van der Waals surface area (Å²) >= 11 is 0. The molecule has 1 heterocycles. The van der Waals surface area contributed by atoms with Gasteiger partial charge in [0.15, 0.2) is 5.96 Å². The average Bonchev–Trinajstić information content (AvgIpc) is 2.75. The van der Waals surface area contributed by atoms with Gasteiger partial charge in [-0.05, 0) is 12.1 Å². The van der Waals surface area contributed by atoms with Gasteiger partial charge in [-0.1, -0.05) is 18.2 Å². The van der Waals surface area contributed by atoms with Gasteiger partial charge < -0.3 is 16.0 Å². The second-order valence-corrected chi connectivity index (χ2v) is 3.41. The largest absolute Gasteiger partial charge is 0.355 e. The van der Waals surface area contributed by atoms with E-state index in [1.165, 1.54) is 5.69 Å². The molecule has 1 aliphatic rings. The molecule has 0 amide bonds. The summed E-state index contributed by atoms with van der Waals surface area (Å²) in [7, 11) is 0. The fraction of sp³-hybridized carbons (Fsp3) is 0.364. The zero-order valence-electron chi connectivity index (χ0n) is 8.69. The number of guanidine groups is 1. The summed E-state index contributed by atoms with van der Waals surface area (Å²) < 4.78 is 0. The molecule has 1 aliphatic heterocycles. The quantitative estimate of drug-likeness (QED) is 0.750. The number of nitrogens with zero attached hydrogens (tertiary/aromatic N) is 2. The van der Waals surface area contributed by atoms with Crippen LogP contribution in [0.5, 0.6) is 0 Å². The van der Waals surface area contributed by atoms with E-state index >= 15 is 0 Å². The van der Waals surface area contributed by atoms with Gasteiger partial charge in [0.25, 0.3) is 0 Å². The molecule has 0 bridgehead atoms. The first-order valence-electron chi connectivity index (χ1n) is 5.23. The molecule has 80 valence electrons. The van der Waals surface area contributed by atoms with Gasteiger partial charge in [0, 0.05) is 25.3 Å². The van der Waals surface area contributed by atoms with Crippen molar-refractivity contribution in [1.82, 2.24) is 5.32 Å². The fourth-order valence-corrected chi connectivity index (χ4v) is 1.64. The van der Waals surface area contributed by atoms with Crippen molar-refractivity contribution in [2.45, 2.75) is 0 Å². The molecule has 4 nitrogen and oxygen atoms in total. The van der Waals surface area contributed by atoms with Gasteiger partial charge in [0.2, 0.25) is 0 Å². The molecule has 0 radical (unpaired) electrons. The number of nitrogens with one attached hydrogen (secondary N) is 1. The Balaban J connectivity index is 2.07. The van der Waals surface area contributed by atoms with Crippen LogP contribution >= 0.6 is 0 Å². The first-order valence-corrected chi connectivity index (χ1v) is 5.23. The third-order valence-corrected chi connectivity index (χ3v) is 2.34. The van der Waals surface area contributed by atoms with Gasteiger partial charge in [0.05, 0.1) is 6.54 Å². The van der Waals surface area contributed by atoms with E-state index in [1.54, 1.807) is 0 Å². The number of rotatable bonds is 3. The summed E-state index contributed by atoms with van der Waals surface area (Å²) in [4.78, 5) is 6.58. The SMILES string of the molecule is NCCNC1=NCCN1c1ccccc1. The molecule has 0 unspecified atom stereocenters. The normalized spacial score (nSPS) is 15.3. The van der Waals surface area contributed by atoms with Crippen molar-refractivity contribution in [3.05, 3.63) is 30.3 Å². The Labute approximate surface area is 89.8 Å². The van der Waals surface area contributed by atoms with Crippen LogP contribution in [0.2, 0.25) is 0 Å². The smallest absolute Gasteiger partial charge is 0.198 e. The molecular formula is C11H16N4. The van der Waals surface area contributed by atoms with E-state index in [-0.39, 0.29) is 0 Å². The number of hydrogen-bond donors (Lipinski definition) is 2. The summed E-state index contributed by atoms with van der Waals surface area (Å²) in [6.07, 6.45) is 0. The molecule has 0 fully saturated rings. The summed E-state index contributed by atoms with van der Waals surface area (Å²) in [6, 6.07) is 10.3. The van der Waals surface area contributed by atoms with Crippen LogP contribution in [-0.4, -0.2) is 32.1 Å². The highest BCUT2D eigenvalue weighted by molar-refractivity contribution is 5.97. The minimum atomic E-state index is 0.627. The Bertz CT molecular complexity index is 334. The molecule has 0 aromatic heterocycles. The predicted molar refractivity (Wildman–Crippen MR) is 63.1 cm³/mol. The van der Waals surface area contributed by atoms with Crippen molar-refractivity contribution in [2.75, 3.05) is 31.1 Å². The van der Waals surface area contributed by atoms with E-state index in [9.17, 15) is 0 Å². The van der Waals surface area contributed by atoms with Gasteiger partial charge in [-0.3, -0.25) is 4.99 Å². The van der Waals surface area contributed by atoms with E-state index in [2.05, 4.69) is 27.3 Å². The minimum Gasteiger partial charge on any atom is -0.355 e. The molecule has 1 aromatic carbocycles. The maximum absolute atomic E-state index is 5.45. The molecule has 0 spiro atoms. The highest BCUT2D eigenvalue weighted by Crippen LogP contribution is 2.15. The van der Waals surface area contributed by atoms with Gasteiger partial charge in [0.1, 0.15) is 0 Å². The average molecular weight is 204 g/mol. The van der Waals surface area contributed by atoms with Gasteiger partial charge in [-0.15, -0.1) is 0 Å². The predicted octanol–water partition coefficient (Wildman–Crippen LogP) is 0.411. The fourth-order valence-electron chi connectivity index (χ4n) is 1.64. The van der Waals surface area contributed by atoms with E-state index in [4.69, 9.17) is 5.73 Å². The standard InChI is InChI=1S/C11H16N4/c12-6-7-13-11-14-8-9-15(11)10-4-2-1-3-5-10/h1-5H,6-9,12H2,(H,13,14). The molecule has 0 saturated heterocycles. The van der Waals surface area contributed by atoms with E-state index < -0.39 is 0 Å². The Morgan fingerprint density at radius 1 is 1.33 bits per heavy atom. The first-order chi connectivity index (χ1) is 7.42. The lowest BCUT2D eigenvalue weighted by Crippen LogP contribution is -2.40. The highest BCUT2D eigenvalue weighted by atomic mass is 15.3. The summed E-state index contributed by atoms with van der Waals surface area (Å²) in [5, 5.41) is 3.23. The number of anilines is 1. The zero-order valence-corrected chi connectivity index (χ0v) is 8.69. The lowest BCUT2D eigenvalue weighted by atomic mass is 10.3. The molecular weight excluding hydrogens is 188 g/mol. The van der Waals surface area contributed by atoms with Crippen LogP contribution in [0.4, 0.5) is 5.69 Å². The van der Waals surface area contributed by atoms with Crippen molar-refractivity contribution in [1.29, 1.82) is 0 Å². The number of nitrogens with two attached hydrogens (primary N) is 1. The minimum absolute atomic E-state index is 0.627. The van der Waals surface area contributed by atoms with E-state index in [0.29, 0.717) is 6.54 Å². The molecule has 2 rings (SSSR count). The van der Waals surface area contributed by atoms with Crippen LogP contribution in [0.1, 0.15) is 0 Å². The Morgan fingerprint density at radius 2 is 2.13 bits per heavy atom. The maximum atomic E-state index is 5.45. The molecule has 0 saturated carbocycles. The van der Waals surface area contributed by atoms with Crippen molar-refractivity contribution >= 4 is 11.6 Å². The van der Waals surface area contributed by atoms with Crippen molar-refractivity contribution in [3.63, 3.8) is 0 Å². The van der Waals surface area contributed by atoms with Gasteiger partial charge in [-0.25, -0.2) is 0 Å². The third kappa shape index (κ3) is 2.27. The van der Waals surface area contributed by atoms with Gasteiger partial charge >= 0.3 is 0 Å². The van der Waals surface area contributed by atoms with Crippen molar-refractivity contribution < 1.29 is 0 Å². The highest BCUT2D eigenvalue weighted by Gasteiger charge is 2.17. The van der Waals surface area contributed by atoms with E-state index in [0.717, 1.165) is 25.6 Å². The van der Waals surface area contributed by atoms with Crippen LogP contribution in [-0.2, 0) is 0 Å². The van der Waals surface area contributed by atoms with Crippen molar-refractivity contribution in [3.8, 4) is 0 Å². The number of benzene rings is 1. The lowest BCUT2D eigenvalue weighted by molar-refractivity contribution is 0.863. The van der Waals surface area contributed by atoms with Crippen LogP contribution in [0.3, 0.4) is 0 Å². The molecule has 3 N–H and O–H groups in total. The summed E-state index contributed by atoms with van der Waals surface area (Å²) in [6.45, 7) is 3.18. The molecule has 15 heavy (non-hydrogen) atoms. The lowest BCUT2D eigenvalue weighted by Gasteiger charge is -2.20. The molecule has 1 aromatic rings. The number of para-hydroxylation sites is 1. The van der Waals surface area contributed by atoms with Crippen LogP contribution in [0, 0.1) is 0 Å². The van der Waals surface area contributed by atoms with Crippen molar-refractivity contribution in [2.24, 2.45) is 10.7 Å². The van der Waals surface area contributed by atoms with E-state index in [1.807, 2.05) is 18.2 Å². The Hall–Kier alpha value is -1.55. The summed E-state index contributed by atoms with van der Waals surface area (Å²) in [5.74, 6) is 0.937. The molecule has 0 aliphatic carbocycles. The molecule has 0 atom stereocenters. The second-order valence-electron chi connectivity index (χ2n) is 3.41. The first kappa shape index (κ1) is 9.98. The van der Waals surface area contributed by atoms with Gasteiger partial charge in [-0.2, -0.15) is 0 Å². The Morgan fingerprint density at radius 3 is 2.87 bits per heavy atom. The zero-order chi connectivity index (χ0) is 10.5. The monoisotopic (exact) mass is 204 g/mol. The third-order valence-electron chi connectivity index (χ3n) is 2.34. The topological polar surface area (TPSA) is 53.6 Å². The van der Waals surface area contributed by atoms with Crippen LogP contribution < -0.4 is 16.0 Å². The van der Waals surface area contributed by atoms with Crippen LogP contribution in [0.15, 0.2) is 35.3 Å². The molecule has 4 heteroatoms.